The van der Waals surface area contributed by atoms with Gasteiger partial charge in [-0.05, 0) is 43.7 Å². The molecule has 0 saturated heterocycles. The number of unbranched alkanes of at least 4 members (excludes halogenated alkanes) is 2. The van der Waals surface area contributed by atoms with Crippen LogP contribution in [0.2, 0.25) is 0 Å². The lowest BCUT2D eigenvalue weighted by Gasteiger charge is -2.12. The predicted molar refractivity (Wildman–Crippen MR) is 117 cm³/mol. The Hall–Kier alpha value is -2.88. The van der Waals surface area contributed by atoms with Gasteiger partial charge in [0.25, 0.3) is 0 Å². The highest BCUT2D eigenvalue weighted by Crippen LogP contribution is 2.33. The Labute approximate surface area is 176 Å². The van der Waals surface area contributed by atoms with E-state index >= 15 is 0 Å². The summed E-state index contributed by atoms with van der Waals surface area (Å²) in [4.78, 5) is 24.4. The van der Waals surface area contributed by atoms with Crippen LogP contribution in [-0.2, 0) is 24.1 Å². The van der Waals surface area contributed by atoms with Crippen LogP contribution >= 0.6 is 0 Å². The number of hydrogen-bond donors (Lipinski definition) is 1. The molecular weight excluding hydrogens is 376 g/mol. The van der Waals surface area contributed by atoms with Crippen molar-refractivity contribution in [2.24, 2.45) is 5.92 Å². The minimum absolute atomic E-state index is 0.0416. The Morgan fingerprint density at radius 3 is 2.63 bits per heavy atom. The normalized spacial score (nSPS) is 14.0. The van der Waals surface area contributed by atoms with E-state index in [1.54, 1.807) is 6.07 Å². The maximum Gasteiger partial charge on any atom is 0.306 e. The summed E-state index contributed by atoms with van der Waals surface area (Å²) >= 11 is 0. The van der Waals surface area contributed by atoms with Crippen LogP contribution in [0.4, 0.5) is 0 Å². The van der Waals surface area contributed by atoms with E-state index in [9.17, 15) is 14.7 Å². The third kappa shape index (κ3) is 4.64. The standard InChI is InChI=1S/C26H28O4/c27-23(19-14-15-22-21-12-7-13-24(21)30-25(22)17-19)16-20(26(28)29)11-6-2-5-10-18-8-3-1-4-9-18/h1,3-4,8-9,14-15,17,20H,2,5-7,10-13,16H2,(H,28,29)/t20-/m1/s1. The monoisotopic (exact) mass is 404 g/mol. The minimum atomic E-state index is -0.885. The van der Waals surface area contributed by atoms with Gasteiger partial charge >= 0.3 is 5.97 Å². The molecule has 0 fully saturated rings. The second-order valence-corrected chi connectivity index (χ2v) is 8.32. The van der Waals surface area contributed by atoms with Gasteiger partial charge in [0.15, 0.2) is 5.78 Å². The minimum Gasteiger partial charge on any atom is -0.481 e. The van der Waals surface area contributed by atoms with E-state index in [2.05, 4.69) is 12.1 Å². The first-order valence-corrected chi connectivity index (χ1v) is 11.0. The Kier molecular flexibility index (Phi) is 6.32. The van der Waals surface area contributed by atoms with Gasteiger partial charge in [0.05, 0.1) is 5.92 Å². The van der Waals surface area contributed by atoms with E-state index in [0.717, 1.165) is 61.7 Å². The number of furan rings is 1. The number of carbonyl (C=O) groups is 2. The number of carbonyl (C=O) groups excluding carboxylic acids is 1. The van der Waals surface area contributed by atoms with Gasteiger partial charge in [-0.25, -0.2) is 0 Å². The summed E-state index contributed by atoms with van der Waals surface area (Å²) in [5.74, 6) is -0.602. The van der Waals surface area contributed by atoms with Crippen molar-refractivity contribution in [2.45, 2.75) is 57.8 Å². The Balaban J connectivity index is 1.30. The van der Waals surface area contributed by atoms with Crippen molar-refractivity contribution in [3.63, 3.8) is 0 Å². The number of carboxylic acid groups (broad SMARTS) is 1. The van der Waals surface area contributed by atoms with E-state index in [4.69, 9.17) is 4.42 Å². The molecule has 0 saturated carbocycles. The average Bonchev–Trinajstić information content (AvgIpc) is 3.34. The van der Waals surface area contributed by atoms with Gasteiger partial charge in [0.2, 0.25) is 0 Å². The SMILES string of the molecule is O=C(C[C@@H](CCCCCc1ccccc1)C(=O)O)c1ccc2c3c(oc2c1)CCC3. The number of ketones is 1. The molecule has 156 valence electrons. The zero-order valence-electron chi connectivity index (χ0n) is 17.2. The number of Topliss-reactive ketones (excluding diaryl/α,β-unsaturated/α-hetero) is 1. The van der Waals surface area contributed by atoms with Gasteiger partial charge in [-0.1, -0.05) is 55.3 Å². The number of rotatable bonds is 10. The molecule has 0 amide bonds. The molecule has 4 heteroatoms. The number of aliphatic carboxylic acids is 1. The predicted octanol–water partition coefficient (Wildman–Crippen LogP) is 6.00. The summed E-state index contributed by atoms with van der Waals surface area (Å²) in [5.41, 5.74) is 3.87. The molecule has 0 bridgehead atoms. The second kappa shape index (κ2) is 9.29. The van der Waals surface area contributed by atoms with E-state index < -0.39 is 11.9 Å². The quantitative estimate of drug-likeness (QED) is 0.332. The number of carboxylic acids is 1. The van der Waals surface area contributed by atoms with Gasteiger partial charge in [-0.15, -0.1) is 0 Å². The number of aryl methyl sites for hydroxylation is 3. The summed E-state index contributed by atoms with van der Waals surface area (Å²) < 4.78 is 5.91. The summed E-state index contributed by atoms with van der Waals surface area (Å²) in [7, 11) is 0. The first kappa shape index (κ1) is 20.4. The largest absolute Gasteiger partial charge is 0.481 e. The lowest BCUT2D eigenvalue weighted by atomic mass is 9.92. The highest BCUT2D eigenvalue weighted by molar-refractivity contribution is 6.01. The molecule has 1 aliphatic carbocycles. The van der Waals surface area contributed by atoms with E-state index in [1.165, 1.54) is 11.1 Å². The Morgan fingerprint density at radius 1 is 1.00 bits per heavy atom. The molecule has 0 unspecified atom stereocenters. The zero-order valence-corrected chi connectivity index (χ0v) is 17.2. The second-order valence-electron chi connectivity index (χ2n) is 8.32. The molecular formula is C26H28O4. The molecule has 1 aliphatic rings. The molecule has 0 aliphatic heterocycles. The van der Waals surface area contributed by atoms with Crippen molar-refractivity contribution < 1.29 is 19.1 Å². The third-order valence-corrected chi connectivity index (χ3v) is 6.17. The fourth-order valence-corrected chi connectivity index (χ4v) is 4.47. The van der Waals surface area contributed by atoms with Crippen molar-refractivity contribution in [1.82, 2.24) is 0 Å². The Morgan fingerprint density at radius 2 is 1.83 bits per heavy atom. The topological polar surface area (TPSA) is 67.5 Å². The molecule has 1 N–H and O–H groups in total. The maximum absolute atomic E-state index is 12.7. The van der Waals surface area contributed by atoms with Gasteiger partial charge in [0.1, 0.15) is 11.3 Å². The fraction of sp³-hybridized carbons (Fsp3) is 0.385. The van der Waals surface area contributed by atoms with Gasteiger partial charge in [-0.3, -0.25) is 9.59 Å². The fourth-order valence-electron chi connectivity index (χ4n) is 4.47. The number of hydrogen-bond acceptors (Lipinski definition) is 3. The zero-order chi connectivity index (χ0) is 20.9. The van der Waals surface area contributed by atoms with Crippen molar-refractivity contribution in [2.75, 3.05) is 0 Å². The molecule has 2 aromatic carbocycles. The van der Waals surface area contributed by atoms with Gasteiger partial charge < -0.3 is 9.52 Å². The summed E-state index contributed by atoms with van der Waals surface area (Å²) in [6.45, 7) is 0. The molecule has 0 radical (unpaired) electrons. The smallest absolute Gasteiger partial charge is 0.306 e. The Bertz CT molecular complexity index is 1030. The van der Waals surface area contributed by atoms with Crippen LogP contribution in [0.25, 0.3) is 11.0 Å². The molecule has 1 atom stereocenters. The number of benzene rings is 2. The van der Waals surface area contributed by atoms with Crippen molar-refractivity contribution >= 4 is 22.7 Å². The van der Waals surface area contributed by atoms with Crippen molar-refractivity contribution in [3.8, 4) is 0 Å². The highest BCUT2D eigenvalue weighted by atomic mass is 16.4. The first-order valence-electron chi connectivity index (χ1n) is 11.0. The van der Waals surface area contributed by atoms with Crippen molar-refractivity contribution in [3.05, 3.63) is 71.0 Å². The van der Waals surface area contributed by atoms with Crippen molar-refractivity contribution in [1.29, 1.82) is 0 Å². The molecule has 1 aromatic heterocycles. The van der Waals surface area contributed by atoms with Crippen LogP contribution in [0, 0.1) is 5.92 Å². The molecule has 1 heterocycles. The first-order chi connectivity index (χ1) is 14.6. The molecule has 3 aromatic rings. The van der Waals surface area contributed by atoms with Gasteiger partial charge in [0, 0.05) is 29.4 Å². The van der Waals surface area contributed by atoms with Crippen LogP contribution in [0.15, 0.2) is 52.9 Å². The summed E-state index contributed by atoms with van der Waals surface area (Å²) in [6, 6.07) is 15.9. The number of fused-ring (bicyclic) bond motifs is 3. The van der Waals surface area contributed by atoms with Crippen LogP contribution in [0.1, 0.15) is 65.8 Å². The lowest BCUT2D eigenvalue weighted by Crippen LogP contribution is -2.18. The molecule has 4 rings (SSSR count). The summed E-state index contributed by atoms with van der Waals surface area (Å²) in [5, 5.41) is 10.7. The van der Waals surface area contributed by atoms with E-state index in [1.807, 2.05) is 30.3 Å². The highest BCUT2D eigenvalue weighted by Gasteiger charge is 2.23. The molecule has 0 spiro atoms. The van der Waals surface area contributed by atoms with Crippen LogP contribution < -0.4 is 0 Å². The van der Waals surface area contributed by atoms with E-state index in [-0.39, 0.29) is 12.2 Å². The lowest BCUT2D eigenvalue weighted by molar-refractivity contribution is -0.141. The third-order valence-electron chi connectivity index (χ3n) is 6.17. The van der Waals surface area contributed by atoms with E-state index in [0.29, 0.717) is 12.0 Å². The van der Waals surface area contributed by atoms with Crippen LogP contribution in [-0.4, -0.2) is 16.9 Å². The van der Waals surface area contributed by atoms with Crippen LogP contribution in [0.3, 0.4) is 0 Å². The van der Waals surface area contributed by atoms with Crippen LogP contribution in [0.5, 0.6) is 0 Å². The van der Waals surface area contributed by atoms with Gasteiger partial charge in [-0.2, -0.15) is 0 Å². The maximum atomic E-state index is 12.7. The molecule has 30 heavy (non-hydrogen) atoms. The molecule has 4 nitrogen and oxygen atoms in total. The summed E-state index contributed by atoms with van der Waals surface area (Å²) in [6.07, 6.45) is 7.51. The average molecular weight is 405 g/mol.